The number of aromatic nitrogens is 2. The summed E-state index contributed by atoms with van der Waals surface area (Å²) in [7, 11) is 1.75. The number of imidazole rings is 1. The topological polar surface area (TPSA) is 78.1 Å². The van der Waals surface area contributed by atoms with E-state index in [0.29, 0.717) is 24.3 Å². The first-order chi connectivity index (χ1) is 16.7. The number of benzene rings is 1. The van der Waals surface area contributed by atoms with Gasteiger partial charge >= 0.3 is 0 Å². The molecule has 35 heavy (non-hydrogen) atoms. The number of likely N-dealkylation sites (N-methyl/N-ethyl adjacent to an activating group) is 1. The molecule has 1 aliphatic heterocycles. The molecule has 2 aromatic rings. The van der Waals surface area contributed by atoms with Gasteiger partial charge in [-0.3, -0.25) is 9.59 Å². The summed E-state index contributed by atoms with van der Waals surface area (Å²) in [6, 6.07) is 7.95. The van der Waals surface area contributed by atoms with E-state index in [-0.39, 0.29) is 28.7 Å². The normalized spacial score (nSPS) is 38.5. The van der Waals surface area contributed by atoms with Crippen molar-refractivity contribution in [3.8, 4) is 0 Å². The van der Waals surface area contributed by atoms with E-state index in [1.165, 1.54) is 0 Å². The molecule has 3 saturated carbocycles. The summed E-state index contributed by atoms with van der Waals surface area (Å²) in [6.45, 7) is 4.88. The SMILES string of the molecule is CN1C(=O)C(F)=C[C@@]2(C)C1CC[C@@H]1[C@H]2CC[C@]2(C)C(C(=O)NCc3nc4ccccc4[nH]3)CC[C@@H]12. The van der Waals surface area contributed by atoms with Crippen LogP contribution in [0.3, 0.4) is 0 Å². The van der Waals surface area contributed by atoms with E-state index in [2.05, 4.69) is 29.1 Å². The van der Waals surface area contributed by atoms with Crippen molar-refractivity contribution in [1.82, 2.24) is 20.2 Å². The first-order valence-electron chi connectivity index (χ1n) is 13.1. The molecule has 2 unspecified atom stereocenters. The zero-order chi connectivity index (χ0) is 24.5. The first-order valence-corrected chi connectivity index (χ1v) is 13.1. The molecule has 186 valence electrons. The Morgan fingerprint density at radius 2 is 1.97 bits per heavy atom. The Labute approximate surface area is 205 Å². The molecule has 4 aliphatic rings. The van der Waals surface area contributed by atoms with Gasteiger partial charge in [-0.25, -0.2) is 9.37 Å². The number of carbonyl (C=O) groups is 2. The molecular weight excluding hydrogens is 443 g/mol. The molecule has 1 aromatic carbocycles. The Bertz CT molecular complexity index is 1190. The average Bonchev–Trinajstić information content (AvgIpc) is 3.41. The number of nitrogens with zero attached hydrogens (tertiary/aromatic N) is 2. The second-order valence-electron chi connectivity index (χ2n) is 11.8. The van der Waals surface area contributed by atoms with Crippen molar-refractivity contribution in [3.63, 3.8) is 0 Å². The number of rotatable bonds is 3. The summed E-state index contributed by atoms with van der Waals surface area (Å²) >= 11 is 0. The lowest BCUT2D eigenvalue weighted by Gasteiger charge is -2.60. The fourth-order valence-electron chi connectivity index (χ4n) is 8.64. The number of aromatic amines is 1. The molecule has 6 nitrogen and oxygen atoms in total. The van der Waals surface area contributed by atoms with Crippen molar-refractivity contribution in [2.24, 2.45) is 34.5 Å². The van der Waals surface area contributed by atoms with Crippen LogP contribution in [0.25, 0.3) is 11.0 Å². The van der Waals surface area contributed by atoms with Crippen LogP contribution in [0.2, 0.25) is 0 Å². The number of para-hydroxylation sites is 2. The van der Waals surface area contributed by atoms with E-state index >= 15 is 0 Å². The third-order valence-corrected chi connectivity index (χ3v) is 10.3. The lowest BCUT2D eigenvalue weighted by Crippen LogP contribution is -2.60. The van der Waals surface area contributed by atoms with Crippen LogP contribution in [0, 0.1) is 34.5 Å². The molecule has 6 rings (SSSR count). The second kappa shape index (κ2) is 7.90. The predicted octanol–water partition coefficient (Wildman–Crippen LogP) is 4.73. The van der Waals surface area contributed by atoms with Gasteiger partial charge in [0.25, 0.3) is 5.91 Å². The standard InChI is InChI=1S/C28H35FN4O2/c1-27-13-12-18-16(8-11-23-28(18,2)14-20(29)26(35)33(23)3)17(27)9-10-19(27)25(34)30-15-24-31-21-6-4-5-7-22(21)32-24/h4-7,14,16-19,23H,8-13,15H2,1-3H3,(H,30,34)(H,31,32)/t16-,17-,18+,19?,23?,27-,28+/m0/s1. The summed E-state index contributed by atoms with van der Waals surface area (Å²) in [5, 5.41) is 3.17. The molecule has 7 heteroatoms. The first kappa shape index (κ1) is 22.7. The van der Waals surface area contributed by atoms with E-state index in [1.807, 2.05) is 24.3 Å². The number of amides is 2. The van der Waals surface area contributed by atoms with Crippen molar-refractivity contribution >= 4 is 22.8 Å². The molecule has 1 aromatic heterocycles. The average molecular weight is 479 g/mol. The van der Waals surface area contributed by atoms with Gasteiger partial charge in [0.1, 0.15) is 5.82 Å². The van der Waals surface area contributed by atoms with Gasteiger partial charge in [0.15, 0.2) is 5.83 Å². The lowest BCUT2D eigenvalue weighted by atomic mass is 9.47. The Morgan fingerprint density at radius 1 is 1.17 bits per heavy atom. The summed E-state index contributed by atoms with van der Waals surface area (Å²) in [4.78, 5) is 35.2. The van der Waals surface area contributed by atoms with Crippen LogP contribution in [0.1, 0.15) is 58.2 Å². The largest absolute Gasteiger partial charge is 0.349 e. The van der Waals surface area contributed by atoms with Gasteiger partial charge in [-0.2, -0.15) is 0 Å². The number of nitrogens with one attached hydrogen (secondary N) is 2. The van der Waals surface area contributed by atoms with Gasteiger partial charge < -0.3 is 15.2 Å². The van der Waals surface area contributed by atoms with Crippen molar-refractivity contribution < 1.29 is 14.0 Å². The van der Waals surface area contributed by atoms with Gasteiger partial charge in [-0.05, 0) is 79.9 Å². The number of hydrogen-bond acceptors (Lipinski definition) is 3. The fraction of sp³-hybridized carbons (Fsp3) is 0.607. The van der Waals surface area contributed by atoms with Gasteiger partial charge in [-0.15, -0.1) is 0 Å². The number of halogens is 1. The molecule has 2 amide bonds. The molecule has 2 N–H and O–H groups in total. The second-order valence-corrected chi connectivity index (χ2v) is 11.8. The fourth-order valence-corrected chi connectivity index (χ4v) is 8.64. The minimum absolute atomic E-state index is 0.00811. The molecule has 2 heterocycles. The maximum Gasteiger partial charge on any atom is 0.282 e. The number of H-pyrrole nitrogens is 1. The highest BCUT2D eigenvalue weighted by Gasteiger charge is 2.62. The monoisotopic (exact) mass is 478 g/mol. The van der Waals surface area contributed by atoms with E-state index in [0.717, 1.165) is 55.4 Å². The van der Waals surface area contributed by atoms with Crippen molar-refractivity contribution in [3.05, 3.63) is 42.0 Å². The third-order valence-electron chi connectivity index (χ3n) is 10.3. The quantitative estimate of drug-likeness (QED) is 0.669. The highest BCUT2D eigenvalue weighted by Crippen LogP contribution is 2.65. The van der Waals surface area contributed by atoms with Crippen LogP contribution in [0.5, 0.6) is 0 Å². The van der Waals surface area contributed by atoms with E-state index in [9.17, 15) is 14.0 Å². The number of fused-ring (bicyclic) bond motifs is 6. The molecule has 0 saturated heterocycles. The van der Waals surface area contributed by atoms with Crippen LogP contribution >= 0.6 is 0 Å². The molecule has 0 spiro atoms. The summed E-state index contributed by atoms with van der Waals surface area (Å²) in [5.41, 5.74) is 1.51. The molecule has 3 aliphatic carbocycles. The zero-order valence-electron chi connectivity index (χ0n) is 20.8. The van der Waals surface area contributed by atoms with E-state index in [4.69, 9.17) is 0 Å². The van der Waals surface area contributed by atoms with E-state index in [1.54, 1.807) is 18.0 Å². The van der Waals surface area contributed by atoms with Gasteiger partial charge in [0.2, 0.25) is 5.91 Å². The Kier molecular flexibility index (Phi) is 5.14. The van der Waals surface area contributed by atoms with Gasteiger partial charge in [0.05, 0.1) is 17.6 Å². The van der Waals surface area contributed by atoms with E-state index < -0.39 is 11.7 Å². The smallest absolute Gasteiger partial charge is 0.282 e. The van der Waals surface area contributed by atoms with Gasteiger partial charge in [0, 0.05) is 24.4 Å². The summed E-state index contributed by atoms with van der Waals surface area (Å²) in [6.07, 6.45) is 7.48. The molecule has 0 bridgehead atoms. The van der Waals surface area contributed by atoms with Crippen molar-refractivity contribution in [2.75, 3.05) is 7.05 Å². The Hall–Kier alpha value is -2.70. The van der Waals surface area contributed by atoms with Crippen molar-refractivity contribution in [2.45, 2.75) is 65.0 Å². The van der Waals surface area contributed by atoms with Gasteiger partial charge in [-0.1, -0.05) is 26.0 Å². The predicted molar refractivity (Wildman–Crippen MR) is 132 cm³/mol. The Balaban J connectivity index is 1.19. The highest BCUT2D eigenvalue weighted by atomic mass is 19.1. The van der Waals surface area contributed by atoms with Crippen molar-refractivity contribution in [1.29, 1.82) is 0 Å². The minimum atomic E-state index is -0.602. The summed E-state index contributed by atoms with van der Waals surface area (Å²) in [5.74, 6) is 1.09. The molecule has 3 fully saturated rings. The summed E-state index contributed by atoms with van der Waals surface area (Å²) < 4.78 is 14.6. The maximum absolute atomic E-state index is 14.6. The lowest BCUT2D eigenvalue weighted by molar-refractivity contribution is -0.145. The van der Waals surface area contributed by atoms with Crippen LogP contribution in [-0.4, -0.2) is 39.8 Å². The molecular formula is C28H35FN4O2. The molecule has 0 radical (unpaired) electrons. The minimum Gasteiger partial charge on any atom is -0.349 e. The molecule has 7 atom stereocenters. The zero-order valence-corrected chi connectivity index (χ0v) is 20.8. The highest BCUT2D eigenvalue weighted by molar-refractivity contribution is 5.92. The maximum atomic E-state index is 14.6. The number of carbonyl (C=O) groups excluding carboxylic acids is 2. The Morgan fingerprint density at radius 3 is 2.77 bits per heavy atom. The third kappa shape index (κ3) is 3.30. The van der Waals surface area contributed by atoms with Crippen LogP contribution in [0.4, 0.5) is 4.39 Å². The van der Waals surface area contributed by atoms with Crippen LogP contribution < -0.4 is 5.32 Å². The number of hydrogen-bond donors (Lipinski definition) is 2. The van der Waals surface area contributed by atoms with Crippen LogP contribution in [0.15, 0.2) is 36.2 Å². The van der Waals surface area contributed by atoms with Crippen LogP contribution in [-0.2, 0) is 16.1 Å².